The zero-order valence-corrected chi connectivity index (χ0v) is 12.6. The third-order valence-corrected chi connectivity index (χ3v) is 3.84. The van der Waals surface area contributed by atoms with Crippen LogP contribution in [-0.4, -0.2) is 14.2 Å². The largest absolute Gasteiger partial charge is 0.493 e. The summed E-state index contributed by atoms with van der Waals surface area (Å²) in [5.74, 6) is 1.34. The Morgan fingerprint density at radius 1 is 1.05 bits per heavy atom. The highest BCUT2D eigenvalue weighted by molar-refractivity contribution is 6.32. The van der Waals surface area contributed by atoms with Crippen molar-refractivity contribution < 1.29 is 9.47 Å². The highest BCUT2D eigenvalue weighted by Crippen LogP contribution is 2.34. The third-order valence-electron chi connectivity index (χ3n) is 3.32. The maximum absolute atomic E-state index is 6.33. The maximum atomic E-state index is 6.33. The molecule has 0 saturated carbocycles. The van der Waals surface area contributed by atoms with E-state index >= 15 is 0 Å². The Morgan fingerprint density at radius 2 is 1.75 bits per heavy atom. The van der Waals surface area contributed by atoms with E-state index in [0.717, 1.165) is 16.7 Å². The summed E-state index contributed by atoms with van der Waals surface area (Å²) in [5, 5.41) is 0.704. The second-order valence-corrected chi connectivity index (χ2v) is 4.95. The van der Waals surface area contributed by atoms with Crippen LogP contribution in [-0.2, 0) is 0 Å². The molecule has 0 bridgehead atoms. The molecule has 0 amide bonds. The fraction of sp³-hybridized carbons (Fsp3) is 0.250. The van der Waals surface area contributed by atoms with Gasteiger partial charge < -0.3 is 15.2 Å². The van der Waals surface area contributed by atoms with Crippen molar-refractivity contribution in [2.45, 2.75) is 13.0 Å². The van der Waals surface area contributed by atoms with Crippen LogP contribution in [0.5, 0.6) is 11.5 Å². The predicted octanol–water partition coefficient (Wildman–Crippen LogP) is 3.71. The van der Waals surface area contributed by atoms with Gasteiger partial charge in [0.05, 0.1) is 20.3 Å². The van der Waals surface area contributed by atoms with Crippen LogP contribution in [0.1, 0.15) is 22.7 Å². The Bertz CT molecular complexity index is 613. The van der Waals surface area contributed by atoms with Crippen LogP contribution >= 0.6 is 11.6 Å². The van der Waals surface area contributed by atoms with E-state index in [1.54, 1.807) is 14.2 Å². The third kappa shape index (κ3) is 2.74. The van der Waals surface area contributed by atoms with Crippen LogP contribution in [0.25, 0.3) is 0 Å². The summed E-state index contributed by atoms with van der Waals surface area (Å²) >= 11 is 6.33. The fourth-order valence-corrected chi connectivity index (χ4v) is 2.38. The average molecular weight is 292 g/mol. The van der Waals surface area contributed by atoms with Gasteiger partial charge in [-0.1, -0.05) is 35.9 Å². The van der Waals surface area contributed by atoms with Crippen LogP contribution in [0, 0.1) is 6.92 Å². The van der Waals surface area contributed by atoms with E-state index in [1.807, 2.05) is 43.3 Å². The molecule has 0 aliphatic carbocycles. The van der Waals surface area contributed by atoms with E-state index < -0.39 is 0 Å². The minimum atomic E-state index is -0.304. The Labute approximate surface area is 124 Å². The fourth-order valence-electron chi connectivity index (χ4n) is 2.14. The maximum Gasteiger partial charge on any atom is 0.161 e. The number of aryl methyl sites for hydroxylation is 1. The lowest BCUT2D eigenvalue weighted by atomic mass is 9.97. The Kier molecular flexibility index (Phi) is 4.53. The Balaban J connectivity index is 2.43. The van der Waals surface area contributed by atoms with Gasteiger partial charge in [-0.15, -0.1) is 0 Å². The number of methoxy groups -OCH3 is 2. The van der Waals surface area contributed by atoms with Gasteiger partial charge in [-0.3, -0.25) is 0 Å². The van der Waals surface area contributed by atoms with Gasteiger partial charge in [0.2, 0.25) is 0 Å². The summed E-state index contributed by atoms with van der Waals surface area (Å²) in [7, 11) is 3.21. The lowest BCUT2D eigenvalue weighted by molar-refractivity contribution is 0.354. The summed E-state index contributed by atoms with van der Waals surface area (Å²) in [6, 6.07) is 11.2. The monoisotopic (exact) mass is 291 g/mol. The highest BCUT2D eigenvalue weighted by Gasteiger charge is 2.15. The van der Waals surface area contributed by atoms with E-state index in [0.29, 0.717) is 16.5 Å². The van der Waals surface area contributed by atoms with Crippen molar-refractivity contribution in [1.82, 2.24) is 0 Å². The predicted molar refractivity (Wildman–Crippen MR) is 81.8 cm³/mol. The van der Waals surface area contributed by atoms with Gasteiger partial charge in [0.15, 0.2) is 11.5 Å². The molecule has 0 saturated heterocycles. The minimum absolute atomic E-state index is 0.304. The Morgan fingerprint density at radius 3 is 2.40 bits per heavy atom. The van der Waals surface area contributed by atoms with Crippen molar-refractivity contribution >= 4 is 11.6 Å². The molecule has 2 N–H and O–H groups in total. The van der Waals surface area contributed by atoms with Crippen LogP contribution in [0.4, 0.5) is 0 Å². The highest BCUT2D eigenvalue weighted by atomic mass is 35.5. The second kappa shape index (κ2) is 6.16. The quantitative estimate of drug-likeness (QED) is 0.934. The zero-order valence-electron chi connectivity index (χ0n) is 11.8. The molecule has 0 aliphatic rings. The molecule has 1 atom stereocenters. The normalized spacial score (nSPS) is 12.1. The van der Waals surface area contributed by atoms with Crippen molar-refractivity contribution in [1.29, 1.82) is 0 Å². The summed E-state index contributed by atoms with van der Waals surface area (Å²) in [4.78, 5) is 0. The molecular formula is C16H18ClNO2. The minimum Gasteiger partial charge on any atom is -0.493 e. The van der Waals surface area contributed by atoms with Crippen molar-refractivity contribution in [2.24, 2.45) is 5.73 Å². The second-order valence-electron chi connectivity index (χ2n) is 4.57. The first-order valence-electron chi connectivity index (χ1n) is 6.31. The molecule has 2 aromatic carbocycles. The first-order chi connectivity index (χ1) is 9.58. The average Bonchev–Trinajstić information content (AvgIpc) is 2.48. The molecule has 106 valence electrons. The van der Waals surface area contributed by atoms with Gasteiger partial charge in [-0.05, 0) is 35.7 Å². The van der Waals surface area contributed by atoms with Gasteiger partial charge >= 0.3 is 0 Å². The first-order valence-corrected chi connectivity index (χ1v) is 6.68. The van der Waals surface area contributed by atoms with Gasteiger partial charge in [0.1, 0.15) is 0 Å². The molecule has 2 aromatic rings. The summed E-state index contributed by atoms with van der Waals surface area (Å²) in [6.45, 7) is 1.97. The number of halogens is 1. The van der Waals surface area contributed by atoms with Crippen LogP contribution in [0.2, 0.25) is 5.02 Å². The van der Waals surface area contributed by atoms with E-state index in [4.69, 9.17) is 26.8 Å². The number of ether oxygens (including phenoxy) is 2. The first kappa shape index (κ1) is 14.7. The Hall–Kier alpha value is -1.71. The molecular weight excluding hydrogens is 274 g/mol. The van der Waals surface area contributed by atoms with E-state index in [-0.39, 0.29) is 6.04 Å². The van der Waals surface area contributed by atoms with Crippen molar-refractivity contribution in [3.8, 4) is 11.5 Å². The number of nitrogens with two attached hydrogens (primary N) is 1. The molecule has 4 heteroatoms. The van der Waals surface area contributed by atoms with Crippen LogP contribution in [0.3, 0.4) is 0 Å². The lowest BCUT2D eigenvalue weighted by Crippen LogP contribution is -2.13. The smallest absolute Gasteiger partial charge is 0.161 e. The molecule has 2 rings (SSSR count). The SMILES string of the molecule is COc1ccc(C(N)c2cccc(C)c2Cl)cc1OC. The summed E-state index contributed by atoms with van der Waals surface area (Å²) in [6.07, 6.45) is 0. The molecule has 0 radical (unpaired) electrons. The molecule has 3 nitrogen and oxygen atoms in total. The lowest BCUT2D eigenvalue weighted by Gasteiger charge is -2.17. The van der Waals surface area contributed by atoms with E-state index in [2.05, 4.69) is 0 Å². The number of hydrogen-bond donors (Lipinski definition) is 1. The number of rotatable bonds is 4. The van der Waals surface area contributed by atoms with Gasteiger partial charge in [-0.2, -0.15) is 0 Å². The van der Waals surface area contributed by atoms with E-state index in [9.17, 15) is 0 Å². The zero-order chi connectivity index (χ0) is 14.7. The number of hydrogen-bond acceptors (Lipinski definition) is 3. The molecule has 0 aliphatic heterocycles. The molecule has 20 heavy (non-hydrogen) atoms. The molecule has 1 unspecified atom stereocenters. The summed E-state index contributed by atoms with van der Waals surface area (Å²) < 4.78 is 10.5. The standard InChI is InChI=1S/C16H18ClNO2/c1-10-5-4-6-12(15(10)17)16(18)11-7-8-13(19-2)14(9-11)20-3/h4-9,16H,18H2,1-3H3. The summed E-state index contributed by atoms with van der Waals surface area (Å²) in [5.41, 5.74) is 9.16. The van der Waals surface area contributed by atoms with Gasteiger partial charge in [-0.25, -0.2) is 0 Å². The van der Waals surface area contributed by atoms with Gasteiger partial charge in [0, 0.05) is 5.02 Å². The van der Waals surface area contributed by atoms with Crippen molar-refractivity contribution in [2.75, 3.05) is 14.2 Å². The van der Waals surface area contributed by atoms with Crippen LogP contribution < -0.4 is 15.2 Å². The topological polar surface area (TPSA) is 44.5 Å². The van der Waals surface area contributed by atoms with Crippen molar-refractivity contribution in [3.05, 3.63) is 58.1 Å². The molecule has 0 spiro atoms. The van der Waals surface area contributed by atoms with E-state index in [1.165, 1.54) is 0 Å². The van der Waals surface area contributed by atoms with Gasteiger partial charge in [0.25, 0.3) is 0 Å². The molecule has 0 aromatic heterocycles. The molecule has 0 fully saturated rings. The number of benzene rings is 2. The van der Waals surface area contributed by atoms with Crippen molar-refractivity contribution in [3.63, 3.8) is 0 Å². The molecule has 0 heterocycles. The van der Waals surface area contributed by atoms with Crippen LogP contribution in [0.15, 0.2) is 36.4 Å².